The van der Waals surface area contributed by atoms with Crippen LogP contribution in [0.25, 0.3) is 0 Å². The Hall–Kier alpha value is -0.680. The molecular weight excluding hydrogens is 423 g/mol. The van der Waals surface area contributed by atoms with Gasteiger partial charge >= 0.3 is 5.11 Å². The van der Waals surface area contributed by atoms with Gasteiger partial charge in [0.15, 0.2) is 12.2 Å². The number of hydrogen-bond donors (Lipinski definition) is 6. The Morgan fingerprint density at radius 1 is 1.33 bits per heavy atom. The number of nitrogens with one attached hydrogen (secondary N) is 2. The zero-order chi connectivity index (χ0) is 16.1. The fourth-order valence-electron chi connectivity index (χ4n) is 0.964. The van der Waals surface area contributed by atoms with E-state index in [9.17, 15) is 0 Å². The molecule has 0 bridgehead atoms. The Morgan fingerprint density at radius 3 is 2.10 bits per heavy atom. The molecule has 0 heterocycles. The predicted molar refractivity (Wildman–Crippen MR) is 93.1 cm³/mol. The van der Waals surface area contributed by atoms with Crippen LogP contribution in [0.15, 0.2) is 18.2 Å². The lowest BCUT2D eigenvalue weighted by molar-refractivity contribution is -0.00000500. The van der Waals surface area contributed by atoms with Gasteiger partial charge in [0, 0.05) is 0 Å². The standard InChI is InChI=1S/C9H12ClN2S.C2H7N.CH5N3.HI/c1-6-4-3-5-7(10)8(6)12-9(11)13-2;1-2-3;2-1(3)4;/h3-5,12H,11H2,1-2H3;2-3H2,1H3;(H5,2,3,4);1H/q+1;;;/p-1. The van der Waals surface area contributed by atoms with Crippen molar-refractivity contribution < 1.29 is 24.0 Å². The van der Waals surface area contributed by atoms with Crippen molar-refractivity contribution in [1.29, 1.82) is 5.41 Å². The normalized spacial score (nSPS) is 9.14. The number of anilines is 1. The molecule has 1 aromatic carbocycles. The number of hydrogen-bond acceptors (Lipinski definition) is 2. The third-order valence-corrected chi connectivity index (χ3v) is 2.55. The number of halogens is 2. The summed E-state index contributed by atoms with van der Waals surface area (Å²) in [6.07, 6.45) is 1.91. The van der Waals surface area contributed by atoms with Crippen LogP contribution in [0.1, 0.15) is 12.5 Å². The minimum atomic E-state index is -0.333. The average molecular weight is 447 g/mol. The van der Waals surface area contributed by atoms with Crippen molar-refractivity contribution in [3.8, 4) is 0 Å². The molecule has 21 heavy (non-hydrogen) atoms. The summed E-state index contributed by atoms with van der Waals surface area (Å²) in [4.78, 5) is 0. The van der Waals surface area contributed by atoms with Crippen molar-refractivity contribution in [2.45, 2.75) is 13.8 Å². The molecule has 1 aromatic rings. The number of nitrogens with two attached hydrogens (primary N) is 4. The summed E-state index contributed by atoms with van der Waals surface area (Å²) in [6.45, 7) is 4.64. The Balaban J connectivity index is -0.000000344. The Labute approximate surface area is 152 Å². The highest BCUT2D eigenvalue weighted by atomic mass is 127. The topological polar surface area (TPSA) is 140 Å². The van der Waals surface area contributed by atoms with Crippen LogP contribution < -0.4 is 52.2 Å². The zero-order valence-electron chi connectivity index (χ0n) is 12.4. The molecule has 0 spiro atoms. The van der Waals surface area contributed by atoms with Gasteiger partial charge in [-0.25, -0.2) is 5.73 Å². The molecule has 1 rings (SSSR count). The lowest BCUT2D eigenvalue weighted by atomic mass is 10.2. The summed E-state index contributed by atoms with van der Waals surface area (Å²) in [7, 11) is 0. The lowest BCUT2D eigenvalue weighted by Gasteiger charge is -2.06. The number of guanidine groups is 1. The molecule has 0 fully saturated rings. The van der Waals surface area contributed by atoms with Gasteiger partial charge in [0.2, 0.25) is 11.4 Å². The second kappa shape index (κ2) is 15.7. The van der Waals surface area contributed by atoms with E-state index in [2.05, 4.69) is 16.8 Å². The van der Waals surface area contributed by atoms with Gasteiger partial charge in [0.1, 0.15) is 0 Å². The van der Waals surface area contributed by atoms with Crippen molar-refractivity contribution in [1.82, 2.24) is 0 Å². The quantitative estimate of drug-likeness (QED) is 0.0940. The van der Waals surface area contributed by atoms with E-state index in [4.69, 9.17) is 28.5 Å². The maximum absolute atomic E-state index is 6.06. The van der Waals surface area contributed by atoms with E-state index < -0.39 is 0 Å². The fraction of sp³-hybridized carbons (Fsp3) is 0.333. The van der Waals surface area contributed by atoms with Crippen LogP contribution in [0, 0.1) is 12.3 Å². The van der Waals surface area contributed by atoms with Crippen molar-refractivity contribution in [3.05, 3.63) is 28.8 Å². The van der Waals surface area contributed by atoms with Gasteiger partial charge in [0.05, 0.1) is 10.7 Å². The van der Waals surface area contributed by atoms with Gasteiger partial charge in [0.25, 0.3) is 0 Å². The highest BCUT2D eigenvalue weighted by Gasteiger charge is 2.07. The molecule has 0 radical (unpaired) electrons. The van der Waals surface area contributed by atoms with Gasteiger partial charge < -0.3 is 41.2 Å². The van der Waals surface area contributed by atoms with Crippen molar-refractivity contribution in [3.63, 3.8) is 0 Å². The monoisotopic (exact) mass is 446 g/mol. The summed E-state index contributed by atoms with van der Waals surface area (Å²) in [5.74, 6) is -0.333. The van der Waals surface area contributed by atoms with Gasteiger partial charge in [-0.2, -0.15) is 0 Å². The van der Waals surface area contributed by atoms with Crippen molar-refractivity contribution >= 4 is 39.7 Å². The number of para-hydroxylation sites is 1. The summed E-state index contributed by atoms with van der Waals surface area (Å²) in [6, 6.07) is 5.74. The Bertz CT molecular complexity index is 418. The molecule has 9 heteroatoms. The van der Waals surface area contributed by atoms with E-state index >= 15 is 0 Å². The second-order valence-electron chi connectivity index (χ2n) is 3.49. The molecule has 0 atom stereocenters. The smallest absolute Gasteiger partial charge is 0.342 e. The van der Waals surface area contributed by atoms with E-state index in [0.717, 1.165) is 17.8 Å². The predicted octanol–water partition coefficient (Wildman–Crippen LogP) is -2.37. The minimum Gasteiger partial charge on any atom is -1.00 e. The minimum absolute atomic E-state index is 0. The highest BCUT2D eigenvalue weighted by molar-refractivity contribution is 7.78. The van der Waals surface area contributed by atoms with Gasteiger partial charge in [-0.1, -0.05) is 30.7 Å². The average Bonchev–Trinajstić information content (AvgIpc) is 2.34. The third kappa shape index (κ3) is 15.5. The fourth-order valence-corrected chi connectivity index (χ4v) is 1.44. The largest absolute Gasteiger partial charge is 1.00 e. The molecule has 0 aliphatic rings. The molecule has 0 aliphatic heterocycles. The lowest BCUT2D eigenvalue weighted by Crippen LogP contribution is -3.00. The first-order valence-electron chi connectivity index (χ1n) is 5.78. The molecule has 10 N–H and O–H groups in total. The Kier molecular flexibility index (Phi) is 18.9. The van der Waals surface area contributed by atoms with Crippen LogP contribution in [0.5, 0.6) is 0 Å². The second-order valence-corrected chi connectivity index (χ2v) is 4.74. The first-order chi connectivity index (χ1) is 9.29. The van der Waals surface area contributed by atoms with E-state index in [1.165, 1.54) is 11.4 Å². The molecule has 0 aliphatic carbocycles. The van der Waals surface area contributed by atoms with Gasteiger partial charge in [-0.05, 0) is 25.1 Å². The van der Waals surface area contributed by atoms with Gasteiger partial charge in [-0.3, -0.25) is 10.7 Å². The molecule has 122 valence electrons. The van der Waals surface area contributed by atoms with E-state index in [1.807, 2.05) is 38.3 Å². The van der Waals surface area contributed by atoms with Crippen molar-refractivity contribution in [2.75, 3.05) is 18.1 Å². The maximum Gasteiger partial charge on any atom is 0.342 e. The molecule has 0 amide bonds. The summed E-state index contributed by atoms with van der Waals surface area (Å²) in [5, 5.41) is 10.5. The zero-order valence-corrected chi connectivity index (χ0v) is 16.1. The first kappa shape index (κ1) is 25.3. The molecule has 0 saturated heterocycles. The summed E-state index contributed by atoms with van der Waals surface area (Å²) < 4.78 is 0. The Morgan fingerprint density at radius 2 is 1.76 bits per heavy atom. The van der Waals surface area contributed by atoms with Crippen LogP contribution in [0.2, 0.25) is 5.02 Å². The van der Waals surface area contributed by atoms with E-state index in [-0.39, 0.29) is 29.9 Å². The molecule has 0 saturated carbocycles. The van der Waals surface area contributed by atoms with Crippen LogP contribution in [-0.4, -0.2) is 23.9 Å². The maximum atomic E-state index is 6.06. The SMILES string of the molecule is C/[S+]=C(\N)Nc1c(C)cccc1Cl.CCN.N=C(N)N.[I-]. The van der Waals surface area contributed by atoms with E-state index in [0.29, 0.717) is 10.1 Å². The van der Waals surface area contributed by atoms with Crippen molar-refractivity contribution in [2.24, 2.45) is 22.9 Å². The van der Waals surface area contributed by atoms with E-state index in [1.54, 1.807) is 0 Å². The van der Waals surface area contributed by atoms with Crippen LogP contribution in [0.3, 0.4) is 0 Å². The molecule has 0 aromatic heterocycles. The number of aryl methyl sites for hydroxylation is 1. The molecule has 0 unspecified atom stereocenters. The summed E-state index contributed by atoms with van der Waals surface area (Å²) in [5.41, 5.74) is 21.4. The van der Waals surface area contributed by atoms with Crippen LogP contribution in [-0.2, 0) is 11.4 Å². The first-order valence-corrected chi connectivity index (χ1v) is 7.38. The van der Waals surface area contributed by atoms with Gasteiger partial charge in [-0.15, -0.1) is 0 Å². The van der Waals surface area contributed by atoms with Crippen LogP contribution in [0.4, 0.5) is 5.69 Å². The molecule has 6 nitrogen and oxygen atoms in total. The summed E-state index contributed by atoms with van der Waals surface area (Å²) >= 11 is 7.45. The highest BCUT2D eigenvalue weighted by Crippen LogP contribution is 2.24. The molecular formula is C12H24ClIN6S. The number of benzene rings is 1. The van der Waals surface area contributed by atoms with Crippen LogP contribution >= 0.6 is 11.6 Å². The number of rotatable bonds is 1. The third-order valence-electron chi connectivity index (χ3n) is 1.69.